The van der Waals surface area contributed by atoms with Gasteiger partial charge in [0.05, 0.1) is 5.69 Å². The number of hydrogen-bond acceptors (Lipinski definition) is 4. The number of likely N-dealkylation sites (tertiary alicyclic amines) is 1. The molecule has 1 aromatic carbocycles. The molecule has 3 aliphatic heterocycles. The Hall–Kier alpha value is -1.86. The summed E-state index contributed by atoms with van der Waals surface area (Å²) in [4.78, 5) is 11.7. The Balaban J connectivity index is 1.35. The lowest BCUT2D eigenvalue weighted by molar-refractivity contribution is -0.0166. The summed E-state index contributed by atoms with van der Waals surface area (Å²) in [6, 6.07) is 7.04. The lowest BCUT2D eigenvalue weighted by Crippen LogP contribution is -2.60. The molecule has 0 aromatic heterocycles. The Bertz CT molecular complexity index is 692. The number of benzene rings is 1. The third kappa shape index (κ3) is 4.51. The van der Waals surface area contributed by atoms with E-state index >= 15 is 0 Å². The quantitative estimate of drug-likeness (QED) is 0.617. The molecule has 0 saturated carbocycles. The van der Waals surface area contributed by atoms with Gasteiger partial charge in [0.15, 0.2) is 5.96 Å². The summed E-state index contributed by atoms with van der Waals surface area (Å²) in [5.41, 5.74) is 0.880. The fraction of sp³-hybridized carbons (Fsp3) is 0.682. The minimum atomic E-state index is -0.143. The number of aliphatic imine (C=N–C) groups is 1. The van der Waals surface area contributed by atoms with E-state index in [-0.39, 0.29) is 11.4 Å². The Morgan fingerprint density at radius 2 is 1.76 bits per heavy atom. The highest BCUT2D eigenvalue weighted by atomic mass is 19.1. The lowest BCUT2D eigenvalue weighted by atomic mass is 9.88. The van der Waals surface area contributed by atoms with Crippen LogP contribution in [0.2, 0.25) is 0 Å². The van der Waals surface area contributed by atoms with Crippen molar-refractivity contribution in [3.8, 4) is 0 Å². The van der Waals surface area contributed by atoms with Crippen molar-refractivity contribution in [3.63, 3.8) is 0 Å². The van der Waals surface area contributed by atoms with Crippen LogP contribution in [-0.2, 0) is 4.74 Å². The van der Waals surface area contributed by atoms with Crippen molar-refractivity contribution in [1.29, 1.82) is 0 Å². The van der Waals surface area contributed by atoms with E-state index in [9.17, 15) is 4.39 Å². The van der Waals surface area contributed by atoms with Gasteiger partial charge in [-0.15, -0.1) is 0 Å². The smallest absolute Gasteiger partial charge is 0.193 e. The summed E-state index contributed by atoms with van der Waals surface area (Å²) >= 11 is 0. The number of halogens is 1. The standard InChI is InChI=1S/C22H34FN5O/c1-24-21(25-18-22(8-16-29-17-9-22)28-10-4-5-11-28)27-14-12-26(13-15-27)20-7-3-2-6-19(20)23/h2-3,6-7H,4-5,8-18H2,1H3,(H,24,25). The number of para-hydroxylation sites is 1. The van der Waals surface area contributed by atoms with Gasteiger partial charge in [0.1, 0.15) is 5.82 Å². The molecule has 3 saturated heterocycles. The van der Waals surface area contributed by atoms with Gasteiger partial charge in [0.25, 0.3) is 0 Å². The van der Waals surface area contributed by atoms with Crippen LogP contribution in [0, 0.1) is 5.82 Å². The molecular formula is C22H34FN5O. The van der Waals surface area contributed by atoms with Crippen molar-refractivity contribution in [3.05, 3.63) is 30.1 Å². The van der Waals surface area contributed by atoms with Gasteiger partial charge in [-0.2, -0.15) is 0 Å². The molecular weight excluding hydrogens is 369 g/mol. The number of nitrogens with zero attached hydrogens (tertiary/aromatic N) is 4. The first-order valence-electron chi connectivity index (χ1n) is 11.0. The van der Waals surface area contributed by atoms with Gasteiger partial charge in [0.2, 0.25) is 0 Å². The van der Waals surface area contributed by atoms with Gasteiger partial charge >= 0.3 is 0 Å². The fourth-order valence-corrected chi connectivity index (χ4v) is 4.99. The maximum Gasteiger partial charge on any atom is 0.193 e. The summed E-state index contributed by atoms with van der Waals surface area (Å²) < 4.78 is 19.8. The molecule has 0 amide bonds. The van der Waals surface area contributed by atoms with Crippen LogP contribution in [0.15, 0.2) is 29.3 Å². The average Bonchev–Trinajstić information content (AvgIpc) is 3.32. The van der Waals surface area contributed by atoms with Crippen LogP contribution in [0.4, 0.5) is 10.1 Å². The lowest BCUT2D eigenvalue weighted by Gasteiger charge is -2.45. The minimum Gasteiger partial charge on any atom is -0.381 e. The van der Waals surface area contributed by atoms with Crippen LogP contribution < -0.4 is 10.2 Å². The topological polar surface area (TPSA) is 43.3 Å². The SMILES string of the molecule is CN=C(NCC1(N2CCCC2)CCOCC1)N1CCN(c2ccccc2F)CC1. The Morgan fingerprint density at radius 3 is 2.41 bits per heavy atom. The molecule has 29 heavy (non-hydrogen) atoms. The van der Waals surface area contributed by atoms with E-state index in [2.05, 4.69) is 25.0 Å². The number of hydrogen-bond donors (Lipinski definition) is 1. The summed E-state index contributed by atoms with van der Waals surface area (Å²) in [6.07, 6.45) is 4.76. The molecule has 1 N–H and O–H groups in total. The molecule has 3 heterocycles. The van der Waals surface area contributed by atoms with Crippen LogP contribution in [0.3, 0.4) is 0 Å². The molecule has 0 atom stereocenters. The van der Waals surface area contributed by atoms with Crippen molar-refractivity contribution >= 4 is 11.6 Å². The summed E-state index contributed by atoms with van der Waals surface area (Å²) in [5, 5.41) is 3.68. The molecule has 0 aliphatic carbocycles. The third-order valence-corrected chi connectivity index (χ3v) is 6.76. The van der Waals surface area contributed by atoms with Crippen LogP contribution in [-0.4, -0.2) is 87.4 Å². The predicted octanol–water partition coefficient (Wildman–Crippen LogP) is 2.17. The van der Waals surface area contributed by atoms with Crippen molar-refractivity contribution in [2.75, 3.05) is 71.0 Å². The molecule has 0 spiro atoms. The highest BCUT2D eigenvalue weighted by Gasteiger charge is 2.40. The highest BCUT2D eigenvalue weighted by molar-refractivity contribution is 5.80. The molecule has 4 rings (SSSR count). The van der Waals surface area contributed by atoms with E-state index in [0.29, 0.717) is 5.69 Å². The molecule has 0 radical (unpaired) electrons. The molecule has 3 aliphatic rings. The van der Waals surface area contributed by atoms with Crippen LogP contribution in [0.1, 0.15) is 25.7 Å². The average molecular weight is 404 g/mol. The van der Waals surface area contributed by atoms with E-state index in [4.69, 9.17) is 4.74 Å². The first kappa shape index (κ1) is 20.4. The van der Waals surface area contributed by atoms with Crippen molar-refractivity contribution in [1.82, 2.24) is 15.1 Å². The second-order valence-corrected chi connectivity index (χ2v) is 8.36. The molecule has 1 aromatic rings. The molecule has 0 bridgehead atoms. The van der Waals surface area contributed by atoms with Gasteiger partial charge in [0, 0.05) is 58.5 Å². The zero-order valence-electron chi connectivity index (χ0n) is 17.6. The van der Waals surface area contributed by atoms with Crippen LogP contribution >= 0.6 is 0 Å². The van der Waals surface area contributed by atoms with Crippen molar-refractivity contribution < 1.29 is 9.13 Å². The third-order valence-electron chi connectivity index (χ3n) is 6.76. The van der Waals surface area contributed by atoms with E-state index < -0.39 is 0 Å². The van der Waals surface area contributed by atoms with Gasteiger partial charge in [-0.25, -0.2) is 4.39 Å². The largest absolute Gasteiger partial charge is 0.381 e. The zero-order valence-corrected chi connectivity index (χ0v) is 17.6. The Morgan fingerprint density at radius 1 is 1.07 bits per heavy atom. The normalized spacial score (nSPS) is 23.4. The van der Waals surface area contributed by atoms with Gasteiger partial charge < -0.3 is 19.9 Å². The maximum absolute atomic E-state index is 14.1. The van der Waals surface area contributed by atoms with Gasteiger partial charge in [-0.05, 0) is 50.9 Å². The number of anilines is 1. The Labute approximate surface area is 173 Å². The number of guanidine groups is 1. The first-order chi connectivity index (χ1) is 14.2. The van der Waals surface area contributed by atoms with Crippen molar-refractivity contribution in [2.24, 2.45) is 4.99 Å². The molecule has 7 heteroatoms. The predicted molar refractivity (Wildman–Crippen MR) is 115 cm³/mol. The second kappa shape index (κ2) is 9.30. The maximum atomic E-state index is 14.1. The number of rotatable bonds is 4. The minimum absolute atomic E-state index is 0.143. The summed E-state index contributed by atoms with van der Waals surface area (Å²) in [5.74, 6) is 0.818. The van der Waals surface area contributed by atoms with E-state index in [0.717, 1.165) is 64.7 Å². The second-order valence-electron chi connectivity index (χ2n) is 8.36. The van der Waals surface area contributed by atoms with E-state index in [1.807, 2.05) is 19.2 Å². The number of ether oxygens (including phenoxy) is 1. The molecule has 160 valence electrons. The molecule has 0 unspecified atom stereocenters. The highest BCUT2D eigenvalue weighted by Crippen LogP contribution is 2.31. The summed E-state index contributed by atoms with van der Waals surface area (Å²) in [7, 11) is 1.86. The van der Waals surface area contributed by atoms with E-state index in [1.165, 1.54) is 32.0 Å². The van der Waals surface area contributed by atoms with Crippen LogP contribution in [0.5, 0.6) is 0 Å². The van der Waals surface area contributed by atoms with E-state index in [1.54, 1.807) is 6.07 Å². The monoisotopic (exact) mass is 403 g/mol. The van der Waals surface area contributed by atoms with Crippen molar-refractivity contribution in [2.45, 2.75) is 31.2 Å². The molecule has 3 fully saturated rings. The molecule has 6 nitrogen and oxygen atoms in total. The Kier molecular flexibility index (Phi) is 6.55. The first-order valence-corrected chi connectivity index (χ1v) is 11.0. The zero-order chi connectivity index (χ0) is 20.1. The summed E-state index contributed by atoms with van der Waals surface area (Å²) in [6.45, 7) is 8.27. The number of nitrogens with one attached hydrogen (secondary N) is 1. The van der Waals surface area contributed by atoms with Gasteiger partial charge in [-0.3, -0.25) is 9.89 Å². The van der Waals surface area contributed by atoms with Gasteiger partial charge in [-0.1, -0.05) is 12.1 Å². The van der Waals surface area contributed by atoms with Crippen LogP contribution in [0.25, 0.3) is 0 Å². The fourth-order valence-electron chi connectivity index (χ4n) is 4.99. The number of piperazine rings is 1.